The summed E-state index contributed by atoms with van der Waals surface area (Å²) in [5.41, 5.74) is 0. The van der Waals surface area contributed by atoms with Crippen LogP contribution in [0.15, 0.2) is 26.2 Å². The van der Waals surface area contributed by atoms with E-state index in [1.54, 1.807) is 11.3 Å². The Morgan fingerprint density at radius 1 is 1.40 bits per heavy atom. The molecule has 0 amide bonds. The molecule has 0 spiro atoms. The number of rotatable bonds is 5. The number of nitrogens with one attached hydrogen (secondary N) is 1. The van der Waals surface area contributed by atoms with E-state index in [9.17, 15) is 8.42 Å². The second-order valence-corrected chi connectivity index (χ2v) is 10.5. The molecule has 0 aromatic carbocycles. The monoisotopic (exact) mass is 413 g/mol. The zero-order valence-corrected chi connectivity index (χ0v) is 15.6. The van der Waals surface area contributed by atoms with Gasteiger partial charge in [-0.3, -0.25) is 0 Å². The Labute approximate surface area is 140 Å². The Morgan fingerprint density at radius 3 is 2.60 bits per heavy atom. The van der Waals surface area contributed by atoms with E-state index >= 15 is 0 Å². The van der Waals surface area contributed by atoms with E-state index in [2.05, 4.69) is 20.7 Å². The second kappa shape index (κ2) is 6.46. The quantitative estimate of drug-likeness (QED) is 0.786. The van der Waals surface area contributed by atoms with Gasteiger partial charge in [0.1, 0.15) is 4.21 Å². The Morgan fingerprint density at radius 2 is 2.10 bits per heavy atom. The average molecular weight is 415 g/mol. The molecule has 2 aromatic heterocycles. The lowest BCUT2D eigenvalue weighted by molar-refractivity contribution is 0.563. The number of hydrogen-bond donors (Lipinski definition) is 1. The van der Waals surface area contributed by atoms with Gasteiger partial charge in [0.05, 0.1) is 8.81 Å². The van der Waals surface area contributed by atoms with Crippen molar-refractivity contribution in [1.29, 1.82) is 0 Å². The number of hydrogen-bond acceptors (Lipinski definition) is 4. The van der Waals surface area contributed by atoms with Crippen LogP contribution in [0.2, 0.25) is 5.02 Å². The molecule has 0 aliphatic carbocycles. The van der Waals surface area contributed by atoms with Crippen molar-refractivity contribution in [3.8, 4) is 0 Å². The summed E-state index contributed by atoms with van der Waals surface area (Å²) in [4.78, 5) is 2.40. The van der Waals surface area contributed by atoms with Gasteiger partial charge in [-0.05, 0) is 54.4 Å². The number of sulfonamides is 1. The van der Waals surface area contributed by atoms with E-state index < -0.39 is 10.0 Å². The van der Waals surface area contributed by atoms with Crippen LogP contribution >= 0.6 is 50.2 Å². The molecule has 2 aromatic rings. The van der Waals surface area contributed by atoms with Gasteiger partial charge in [-0.2, -0.15) is 0 Å². The Hall–Kier alpha value is 0.0800. The minimum Gasteiger partial charge on any atom is -0.207 e. The molecule has 2 rings (SSSR count). The van der Waals surface area contributed by atoms with E-state index in [4.69, 9.17) is 11.6 Å². The Kier molecular flexibility index (Phi) is 5.31. The molecule has 0 saturated heterocycles. The lowest BCUT2D eigenvalue weighted by Gasteiger charge is -2.12. The topological polar surface area (TPSA) is 46.2 Å². The van der Waals surface area contributed by atoms with Crippen LogP contribution in [0.25, 0.3) is 0 Å². The molecule has 0 radical (unpaired) electrons. The van der Waals surface area contributed by atoms with Gasteiger partial charge in [0.25, 0.3) is 0 Å². The highest BCUT2D eigenvalue weighted by molar-refractivity contribution is 9.11. The highest BCUT2D eigenvalue weighted by Crippen LogP contribution is 2.34. The standard InChI is InChI=1S/C12H13BrClNO2S3/c1-7(5-9-4-3-8(2)18-9)15-20(16,17)11-6-10(14)12(13)19-11/h3-4,6-7,15H,5H2,1-2H3. The fourth-order valence-electron chi connectivity index (χ4n) is 1.72. The zero-order valence-electron chi connectivity index (χ0n) is 10.8. The minimum atomic E-state index is -3.52. The van der Waals surface area contributed by atoms with Crippen molar-refractivity contribution in [2.45, 2.75) is 30.5 Å². The first kappa shape index (κ1) is 16.5. The summed E-state index contributed by atoms with van der Waals surface area (Å²) in [6.07, 6.45) is 0.679. The van der Waals surface area contributed by atoms with E-state index in [1.165, 1.54) is 15.8 Å². The van der Waals surface area contributed by atoms with E-state index in [-0.39, 0.29) is 10.3 Å². The molecule has 1 N–H and O–H groups in total. The van der Waals surface area contributed by atoms with Crippen LogP contribution in [0.5, 0.6) is 0 Å². The molecular weight excluding hydrogens is 402 g/mol. The summed E-state index contributed by atoms with van der Waals surface area (Å²) in [5.74, 6) is 0. The minimum absolute atomic E-state index is 0.169. The summed E-state index contributed by atoms with van der Waals surface area (Å²) in [6, 6.07) is 5.36. The summed E-state index contributed by atoms with van der Waals surface area (Å²) in [7, 11) is -3.52. The SMILES string of the molecule is Cc1ccc(CC(C)NS(=O)(=O)c2cc(Cl)c(Br)s2)s1. The molecule has 2 heterocycles. The van der Waals surface area contributed by atoms with Gasteiger partial charge < -0.3 is 0 Å². The number of halogens is 2. The Balaban J connectivity index is 2.08. The van der Waals surface area contributed by atoms with Crippen LogP contribution in [-0.2, 0) is 16.4 Å². The summed E-state index contributed by atoms with van der Waals surface area (Å²) < 4.78 is 28.0. The summed E-state index contributed by atoms with van der Waals surface area (Å²) >= 11 is 11.9. The molecule has 8 heteroatoms. The molecule has 3 nitrogen and oxygen atoms in total. The van der Waals surface area contributed by atoms with Crippen LogP contribution in [-0.4, -0.2) is 14.5 Å². The maximum atomic E-state index is 12.2. The van der Waals surface area contributed by atoms with Crippen molar-refractivity contribution in [3.05, 3.63) is 36.8 Å². The maximum absolute atomic E-state index is 12.2. The van der Waals surface area contributed by atoms with Gasteiger partial charge in [0.2, 0.25) is 10.0 Å². The van der Waals surface area contributed by atoms with E-state index in [1.807, 2.05) is 26.0 Å². The predicted octanol–water partition coefficient (Wildman–Crippen LogP) is 4.44. The van der Waals surface area contributed by atoms with Crippen molar-refractivity contribution in [2.75, 3.05) is 0 Å². The highest BCUT2D eigenvalue weighted by Gasteiger charge is 2.21. The normalized spacial score (nSPS) is 13.6. The lowest BCUT2D eigenvalue weighted by Crippen LogP contribution is -2.33. The molecule has 20 heavy (non-hydrogen) atoms. The third kappa shape index (κ3) is 4.05. The molecule has 0 fully saturated rings. The predicted molar refractivity (Wildman–Crippen MR) is 89.6 cm³/mol. The summed E-state index contributed by atoms with van der Waals surface area (Å²) in [6.45, 7) is 3.89. The highest BCUT2D eigenvalue weighted by atomic mass is 79.9. The van der Waals surface area contributed by atoms with Crippen LogP contribution in [0.4, 0.5) is 0 Å². The van der Waals surface area contributed by atoms with Crippen molar-refractivity contribution < 1.29 is 8.42 Å². The van der Waals surface area contributed by atoms with Crippen molar-refractivity contribution in [1.82, 2.24) is 4.72 Å². The first-order valence-corrected chi connectivity index (χ1v) is 10.1. The van der Waals surface area contributed by atoms with Gasteiger partial charge in [-0.15, -0.1) is 22.7 Å². The van der Waals surface area contributed by atoms with Gasteiger partial charge in [0, 0.05) is 15.8 Å². The average Bonchev–Trinajstić information content (AvgIpc) is 2.86. The number of aryl methyl sites for hydroxylation is 1. The Bertz CT molecular complexity index is 689. The third-order valence-electron chi connectivity index (χ3n) is 2.55. The molecule has 110 valence electrons. The van der Waals surface area contributed by atoms with Gasteiger partial charge in [0.15, 0.2) is 0 Å². The molecule has 1 atom stereocenters. The molecule has 0 aliphatic heterocycles. The second-order valence-electron chi connectivity index (χ2n) is 4.43. The lowest BCUT2D eigenvalue weighted by atomic mass is 10.2. The molecule has 0 bridgehead atoms. The summed E-state index contributed by atoms with van der Waals surface area (Å²) in [5, 5.41) is 0.414. The zero-order chi connectivity index (χ0) is 14.9. The largest absolute Gasteiger partial charge is 0.250 e. The smallest absolute Gasteiger partial charge is 0.207 e. The van der Waals surface area contributed by atoms with Gasteiger partial charge >= 0.3 is 0 Å². The molecule has 0 aliphatic rings. The van der Waals surface area contributed by atoms with Crippen molar-refractivity contribution in [3.63, 3.8) is 0 Å². The van der Waals surface area contributed by atoms with E-state index in [0.717, 1.165) is 11.3 Å². The third-order valence-corrected chi connectivity index (χ3v) is 8.11. The van der Waals surface area contributed by atoms with Gasteiger partial charge in [-0.25, -0.2) is 13.1 Å². The van der Waals surface area contributed by atoms with Crippen LogP contribution < -0.4 is 4.72 Å². The maximum Gasteiger partial charge on any atom is 0.250 e. The van der Waals surface area contributed by atoms with Crippen molar-refractivity contribution in [2.24, 2.45) is 0 Å². The fourth-order valence-corrected chi connectivity index (χ4v) is 6.40. The molecular formula is C12H13BrClNO2S3. The molecule has 0 saturated carbocycles. The van der Waals surface area contributed by atoms with E-state index in [0.29, 0.717) is 15.2 Å². The van der Waals surface area contributed by atoms with Gasteiger partial charge in [-0.1, -0.05) is 11.6 Å². The first-order valence-electron chi connectivity index (χ1n) is 5.80. The number of thiophene rings is 2. The molecule has 1 unspecified atom stereocenters. The van der Waals surface area contributed by atoms with Crippen LogP contribution in [0.1, 0.15) is 16.7 Å². The van der Waals surface area contributed by atoms with Crippen LogP contribution in [0, 0.1) is 6.92 Å². The first-order chi connectivity index (χ1) is 9.28. The van der Waals surface area contributed by atoms with Crippen molar-refractivity contribution >= 4 is 60.2 Å². The van der Waals surface area contributed by atoms with Crippen LogP contribution in [0.3, 0.4) is 0 Å². The fraction of sp³-hybridized carbons (Fsp3) is 0.333.